The fourth-order valence-corrected chi connectivity index (χ4v) is 4.47. The van der Waals surface area contributed by atoms with E-state index in [9.17, 15) is 4.79 Å². The van der Waals surface area contributed by atoms with Crippen LogP contribution in [0.3, 0.4) is 0 Å². The minimum absolute atomic E-state index is 0.0698. The molecule has 1 fully saturated rings. The molecule has 0 unspecified atom stereocenters. The number of hydrogen-bond donors (Lipinski definition) is 2. The van der Waals surface area contributed by atoms with Gasteiger partial charge in [0.05, 0.1) is 17.9 Å². The molecule has 2 aliphatic rings. The summed E-state index contributed by atoms with van der Waals surface area (Å²) in [5.74, 6) is 0.386. The van der Waals surface area contributed by atoms with Crippen molar-refractivity contribution >= 4 is 34.7 Å². The lowest BCUT2D eigenvalue weighted by Gasteiger charge is -2.34. The van der Waals surface area contributed by atoms with Gasteiger partial charge in [-0.15, -0.1) is 0 Å². The van der Waals surface area contributed by atoms with Gasteiger partial charge in [-0.25, -0.2) is 9.97 Å². The molecular formula is C23H32ClN7O2. The van der Waals surface area contributed by atoms with Crippen molar-refractivity contribution in [3.05, 3.63) is 34.7 Å². The quantitative estimate of drug-likeness (QED) is 0.602. The normalized spacial score (nSPS) is 16.9. The number of amides is 1. The summed E-state index contributed by atoms with van der Waals surface area (Å²) in [7, 11) is 2.18. The van der Waals surface area contributed by atoms with E-state index < -0.39 is 5.91 Å². The van der Waals surface area contributed by atoms with Crippen molar-refractivity contribution in [2.75, 3.05) is 69.7 Å². The standard InChI is InChI=1S/C23H32ClN7O2/c1-3-17-21(24)28-23(20(27-17)22(25)32)26-16-5-6-18-19(15-16)33-14-13-31(18)8-4-7-30-11-9-29(2)10-12-30/h5-6,15H,3-4,7-14H2,1-2H3,(H2,25,32)(H,26,28). The van der Waals surface area contributed by atoms with Gasteiger partial charge in [-0.05, 0) is 38.6 Å². The number of carbonyl (C=O) groups is 1. The van der Waals surface area contributed by atoms with Gasteiger partial charge >= 0.3 is 0 Å². The van der Waals surface area contributed by atoms with E-state index in [0.29, 0.717) is 18.7 Å². The molecule has 1 amide bonds. The van der Waals surface area contributed by atoms with Crippen molar-refractivity contribution in [3.8, 4) is 5.75 Å². The van der Waals surface area contributed by atoms with E-state index in [-0.39, 0.29) is 16.7 Å². The molecule has 3 N–H and O–H groups in total. The first kappa shape index (κ1) is 23.5. The van der Waals surface area contributed by atoms with Gasteiger partial charge in [-0.3, -0.25) is 4.79 Å². The number of benzene rings is 1. The Morgan fingerprint density at radius 2 is 1.97 bits per heavy atom. The van der Waals surface area contributed by atoms with Crippen molar-refractivity contribution in [1.29, 1.82) is 0 Å². The second kappa shape index (κ2) is 10.5. The van der Waals surface area contributed by atoms with Crippen LogP contribution in [0.4, 0.5) is 17.2 Å². The molecule has 178 valence electrons. The van der Waals surface area contributed by atoms with Crippen molar-refractivity contribution < 1.29 is 9.53 Å². The zero-order valence-electron chi connectivity index (χ0n) is 19.3. The third kappa shape index (κ3) is 5.66. The summed E-state index contributed by atoms with van der Waals surface area (Å²) in [4.78, 5) is 27.8. The molecule has 33 heavy (non-hydrogen) atoms. The highest BCUT2D eigenvalue weighted by Crippen LogP contribution is 2.35. The minimum atomic E-state index is -0.655. The number of hydrogen-bond acceptors (Lipinski definition) is 8. The maximum atomic E-state index is 11.9. The second-order valence-corrected chi connectivity index (χ2v) is 8.88. The van der Waals surface area contributed by atoms with Gasteiger partial charge in [0.25, 0.3) is 5.91 Å². The summed E-state index contributed by atoms with van der Waals surface area (Å²) in [6, 6.07) is 5.89. The van der Waals surface area contributed by atoms with E-state index in [1.54, 1.807) is 0 Å². The van der Waals surface area contributed by atoms with Crippen LogP contribution in [0.25, 0.3) is 0 Å². The van der Waals surface area contributed by atoms with Crippen LogP contribution in [-0.2, 0) is 6.42 Å². The highest BCUT2D eigenvalue weighted by Gasteiger charge is 2.21. The summed E-state index contributed by atoms with van der Waals surface area (Å²) in [5.41, 5.74) is 7.93. The average molecular weight is 474 g/mol. The molecule has 1 aromatic carbocycles. The number of aryl methyl sites for hydroxylation is 1. The van der Waals surface area contributed by atoms with Gasteiger partial charge in [0.1, 0.15) is 12.4 Å². The zero-order chi connectivity index (χ0) is 23.4. The monoisotopic (exact) mass is 473 g/mol. The van der Waals surface area contributed by atoms with Crippen molar-refractivity contribution in [3.63, 3.8) is 0 Å². The number of nitrogens with two attached hydrogens (primary N) is 1. The Morgan fingerprint density at radius 3 is 2.70 bits per heavy atom. The molecular weight excluding hydrogens is 442 g/mol. The van der Waals surface area contributed by atoms with E-state index in [4.69, 9.17) is 22.1 Å². The molecule has 0 atom stereocenters. The van der Waals surface area contributed by atoms with Gasteiger partial charge in [-0.2, -0.15) is 0 Å². The maximum Gasteiger partial charge on any atom is 0.271 e. The van der Waals surface area contributed by atoms with Gasteiger partial charge in [0.15, 0.2) is 16.7 Å². The highest BCUT2D eigenvalue weighted by atomic mass is 35.5. The van der Waals surface area contributed by atoms with Gasteiger partial charge < -0.3 is 30.5 Å². The average Bonchev–Trinajstić information content (AvgIpc) is 2.80. The lowest BCUT2D eigenvalue weighted by Crippen LogP contribution is -2.45. The summed E-state index contributed by atoms with van der Waals surface area (Å²) < 4.78 is 5.93. The Morgan fingerprint density at radius 1 is 1.18 bits per heavy atom. The highest BCUT2D eigenvalue weighted by molar-refractivity contribution is 6.30. The molecule has 1 aromatic heterocycles. The van der Waals surface area contributed by atoms with Crippen LogP contribution in [0.5, 0.6) is 5.75 Å². The Labute approximate surface area is 199 Å². The van der Waals surface area contributed by atoms with Crippen LogP contribution < -0.4 is 20.7 Å². The first-order valence-electron chi connectivity index (χ1n) is 11.5. The first-order chi connectivity index (χ1) is 15.9. The van der Waals surface area contributed by atoms with E-state index in [1.807, 2.05) is 25.1 Å². The van der Waals surface area contributed by atoms with Crippen molar-refractivity contribution in [1.82, 2.24) is 19.8 Å². The SMILES string of the molecule is CCc1nc(C(N)=O)c(Nc2ccc3c(c2)OCCN3CCCN2CCN(C)CC2)nc1Cl. The van der Waals surface area contributed by atoms with E-state index in [1.165, 1.54) is 0 Å². The molecule has 0 aliphatic carbocycles. The predicted octanol–water partition coefficient (Wildman–Crippen LogP) is 2.37. The molecule has 2 aromatic rings. The number of primary amides is 1. The van der Waals surface area contributed by atoms with Crippen LogP contribution in [0.15, 0.2) is 18.2 Å². The maximum absolute atomic E-state index is 11.9. The van der Waals surface area contributed by atoms with Gasteiger partial charge in [0, 0.05) is 44.5 Å². The fraction of sp³-hybridized carbons (Fsp3) is 0.522. The lowest BCUT2D eigenvalue weighted by molar-refractivity contribution is 0.0996. The molecule has 2 aliphatic heterocycles. The molecule has 4 rings (SSSR count). The smallest absolute Gasteiger partial charge is 0.271 e. The Hall–Kier alpha value is -2.62. The fourth-order valence-electron chi connectivity index (χ4n) is 4.21. The molecule has 0 radical (unpaired) electrons. The van der Waals surface area contributed by atoms with Gasteiger partial charge in [-0.1, -0.05) is 18.5 Å². The number of nitrogens with one attached hydrogen (secondary N) is 1. The second-order valence-electron chi connectivity index (χ2n) is 8.52. The van der Waals surface area contributed by atoms with Crippen LogP contribution >= 0.6 is 11.6 Å². The number of rotatable bonds is 8. The number of carbonyl (C=O) groups excluding carboxylic acids is 1. The van der Waals surface area contributed by atoms with Crippen LogP contribution in [-0.4, -0.2) is 85.1 Å². The van der Waals surface area contributed by atoms with E-state index in [0.717, 1.165) is 69.4 Å². The molecule has 1 saturated heterocycles. The van der Waals surface area contributed by atoms with Crippen LogP contribution in [0.1, 0.15) is 29.5 Å². The van der Waals surface area contributed by atoms with Crippen LogP contribution in [0, 0.1) is 0 Å². The number of anilines is 3. The van der Waals surface area contributed by atoms with E-state index in [2.05, 4.69) is 37.0 Å². The molecule has 10 heteroatoms. The summed E-state index contributed by atoms with van der Waals surface area (Å²) in [6.45, 7) is 10.1. The molecule has 0 saturated carbocycles. The molecule has 0 spiro atoms. The Kier molecular flexibility index (Phi) is 7.52. The number of ether oxygens (including phenoxy) is 1. The van der Waals surface area contributed by atoms with Crippen LogP contribution in [0.2, 0.25) is 5.15 Å². The van der Waals surface area contributed by atoms with Gasteiger partial charge in [0.2, 0.25) is 0 Å². The number of fused-ring (bicyclic) bond motifs is 1. The molecule has 9 nitrogen and oxygen atoms in total. The summed E-state index contributed by atoms with van der Waals surface area (Å²) in [6.07, 6.45) is 1.67. The zero-order valence-corrected chi connectivity index (χ0v) is 20.1. The number of halogens is 1. The molecule has 0 bridgehead atoms. The first-order valence-corrected chi connectivity index (χ1v) is 11.9. The number of nitrogens with zero attached hydrogens (tertiary/aromatic N) is 5. The summed E-state index contributed by atoms with van der Waals surface area (Å²) in [5, 5.41) is 3.39. The molecule has 3 heterocycles. The van der Waals surface area contributed by atoms with E-state index >= 15 is 0 Å². The van der Waals surface area contributed by atoms with Crippen molar-refractivity contribution in [2.45, 2.75) is 19.8 Å². The van der Waals surface area contributed by atoms with Crippen molar-refractivity contribution in [2.24, 2.45) is 5.73 Å². The minimum Gasteiger partial charge on any atom is -0.489 e. The number of aromatic nitrogens is 2. The number of likely N-dealkylation sites (N-methyl/N-ethyl adjacent to an activating group) is 1. The topological polar surface area (TPSA) is 99.8 Å². The largest absolute Gasteiger partial charge is 0.489 e. The predicted molar refractivity (Wildman–Crippen MR) is 131 cm³/mol. The lowest BCUT2D eigenvalue weighted by atomic mass is 10.2. The third-order valence-corrected chi connectivity index (χ3v) is 6.47. The summed E-state index contributed by atoms with van der Waals surface area (Å²) >= 11 is 6.22. The third-order valence-electron chi connectivity index (χ3n) is 6.17. The Bertz CT molecular complexity index is 995. The Balaban J connectivity index is 1.43. The number of piperazine rings is 1.